The van der Waals surface area contributed by atoms with Gasteiger partial charge in [-0.05, 0) is 42.9 Å². The molecule has 6 rings (SSSR count). The predicted molar refractivity (Wildman–Crippen MR) is 140 cm³/mol. The monoisotopic (exact) mass is 496 g/mol. The average molecular weight is 497 g/mol. The maximum absolute atomic E-state index is 12.8. The Morgan fingerprint density at radius 3 is 2.59 bits per heavy atom. The molecule has 2 heterocycles. The van der Waals surface area contributed by atoms with Gasteiger partial charge in [0.1, 0.15) is 29.4 Å². The van der Waals surface area contributed by atoms with Crippen LogP contribution in [0.4, 0.5) is 11.5 Å². The lowest BCUT2D eigenvalue weighted by molar-refractivity contribution is -0.121. The highest BCUT2D eigenvalue weighted by Gasteiger charge is 2.44. The summed E-state index contributed by atoms with van der Waals surface area (Å²) in [4.78, 5) is 33.3. The molecule has 0 unspecified atom stereocenters. The normalized spacial score (nSPS) is 19.6. The van der Waals surface area contributed by atoms with Gasteiger partial charge in [-0.25, -0.2) is 14.6 Å². The van der Waals surface area contributed by atoms with Crippen molar-refractivity contribution in [2.24, 2.45) is 5.92 Å². The Hall–Kier alpha value is -4.27. The van der Waals surface area contributed by atoms with Crippen molar-refractivity contribution in [3.05, 3.63) is 60.4 Å². The number of carbonyl (C=O) groups is 2. The minimum absolute atomic E-state index is 0.000741. The largest absolute Gasteiger partial charge is 0.495 e. The third-order valence-corrected chi connectivity index (χ3v) is 7.48. The van der Waals surface area contributed by atoms with E-state index in [1.54, 1.807) is 7.11 Å². The number of nitrogen functional groups attached to an aromatic ring is 1. The molecule has 0 aliphatic heterocycles. The molecule has 3 N–H and O–H groups in total. The SMILES string of the molecule is COc1ccccc1NC(=O)[C@H]1C[C@@H]1c1ccc(-c2nn(C3CCC(=O)CC3)c3ncnc(N)c23)cc1. The van der Waals surface area contributed by atoms with Gasteiger partial charge >= 0.3 is 0 Å². The summed E-state index contributed by atoms with van der Waals surface area (Å²) >= 11 is 0. The van der Waals surface area contributed by atoms with Gasteiger partial charge in [-0.15, -0.1) is 0 Å². The number of aromatic nitrogens is 4. The van der Waals surface area contributed by atoms with Crippen LogP contribution in [-0.4, -0.2) is 38.5 Å². The van der Waals surface area contributed by atoms with E-state index in [4.69, 9.17) is 15.6 Å². The third-order valence-electron chi connectivity index (χ3n) is 7.48. The van der Waals surface area contributed by atoms with Crippen LogP contribution < -0.4 is 15.8 Å². The Bertz CT molecular complexity index is 1490. The van der Waals surface area contributed by atoms with E-state index in [0.717, 1.165) is 41.5 Å². The molecule has 0 spiro atoms. The van der Waals surface area contributed by atoms with E-state index in [9.17, 15) is 9.59 Å². The lowest BCUT2D eigenvalue weighted by Gasteiger charge is -2.21. The number of nitrogens with two attached hydrogens (primary N) is 1. The zero-order valence-electron chi connectivity index (χ0n) is 20.6. The first-order valence-corrected chi connectivity index (χ1v) is 12.6. The number of para-hydroxylation sites is 2. The smallest absolute Gasteiger partial charge is 0.228 e. The lowest BCUT2D eigenvalue weighted by Crippen LogP contribution is -2.19. The Morgan fingerprint density at radius 1 is 1.08 bits per heavy atom. The third kappa shape index (κ3) is 4.30. The number of ketones is 1. The fourth-order valence-electron chi connectivity index (χ4n) is 5.34. The van der Waals surface area contributed by atoms with E-state index in [1.165, 1.54) is 6.33 Å². The van der Waals surface area contributed by atoms with Gasteiger partial charge in [-0.1, -0.05) is 36.4 Å². The highest BCUT2D eigenvalue weighted by molar-refractivity contribution is 5.98. The average Bonchev–Trinajstić information content (AvgIpc) is 3.63. The molecule has 0 saturated heterocycles. The van der Waals surface area contributed by atoms with Gasteiger partial charge in [0.15, 0.2) is 5.65 Å². The van der Waals surface area contributed by atoms with E-state index in [1.807, 2.05) is 41.1 Å². The van der Waals surface area contributed by atoms with Gasteiger partial charge in [0.25, 0.3) is 0 Å². The number of amides is 1. The second-order valence-electron chi connectivity index (χ2n) is 9.78. The first kappa shape index (κ1) is 23.1. The molecule has 2 aromatic carbocycles. The molecule has 0 bridgehead atoms. The van der Waals surface area contributed by atoms with E-state index >= 15 is 0 Å². The summed E-state index contributed by atoms with van der Waals surface area (Å²) in [6.45, 7) is 0. The van der Waals surface area contributed by atoms with Crippen LogP contribution in [0.15, 0.2) is 54.9 Å². The maximum Gasteiger partial charge on any atom is 0.228 e. The number of ether oxygens (including phenoxy) is 1. The number of nitrogens with zero attached hydrogens (tertiary/aromatic N) is 4. The first-order chi connectivity index (χ1) is 18.0. The molecule has 9 heteroatoms. The first-order valence-electron chi connectivity index (χ1n) is 12.6. The van der Waals surface area contributed by atoms with Crippen molar-refractivity contribution >= 4 is 34.2 Å². The van der Waals surface area contributed by atoms with Crippen molar-refractivity contribution in [1.82, 2.24) is 19.7 Å². The second kappa shape index (κ2) is 9.31. The Morgan fingerprint density at radius 2 is 1.84 bits per heavy atom. The highest BCUT2D eigenvalue weighted by Crippen LogP contribution is 2.48. The Labute approximate surface area is 214 Å². The van der Waals surface area contributed by atoms with Crippen LogP contribution in [0.25, 0.3) is 22.3 Å². The summed E-state index contributed by atoms with van der Waals surface area (Å²) in [5.74, 6) is 1.43. The number of benzene rings is 2. The zero-order chi connectivity index (χ0) is 25.5. The van der Waals surface area contributed by atoms with Crippen LogP contribution in [0.2, 0.25) is 0 Å². The molecule has 2 atom stereocenters. The lowest BCUT2D eigenvalue weighted by atomic mass is 9.94. The summed E-state index contributed by atoms with van der Waals surface area (Å²) < 4.78 is 7.26. The molecule has 37 heavy (non-hydrogen) atoms. The van der Waals surface area contributed by atoms with Crippen molar-refractivity contribution < 1.29 is 14.3 Å². The second-order valence-corrected chi connectivity index (χ2v) is 9.78. The van der Waals surface area contributed by atoms with Gasteiger partial charge in [0.2, 0.25) is 5.91 Å². The van der Waals surface area contributed by atoms with Gasteiger partial charge in [-0.2, -0.15) is 5.10 Å². The highest BCUT2D eigenvalue weighted by atomic mass is 16.5. The molecular weight excluding hydrogens is 468 g/mol. The molecule has 2 saturated carbocycles. The summed E-state index contributed by atoms with van der Waals surface area (Å²) in [6.07, 6.45) is 4.88. The number of methoxy groups -OCH3 is 1. The molecule has 188 valence electrons. The number of hydrogen-bond donors (Lipinski definition) is 2. The van der Waals surface area contributed by atoms with E-state index in [0.29, 0.717) is 41.5 Å². The summed E-state index contributed by atoms with van der Waals surface area (Å²) in [5.41, 5.74) is 10.4. The fourth-order valence-corrected chi connectivity index (χ4v) is 5.34. The van der Waals surface area contributed by atoms with Gasteiger partial charge in [0.05, 0.1) is 24.2 Å². The van der Waals surface area contributed by atoms with Crippen molar-refractivity contribution in [3.8, 4) is 17.0 Å². The fraction of sp³-hybridized carbons (Fsp3) is 0.321. The van der Waals surface area contributed by atoms with E-state index < -0.39 is 0 Å². The van der Waals surface area contributed by atoms with Crippen molar-refractivity contribution in [2.45, 2.75) is 44.1 Å². The van der Waals surface area contributed by atoms with Gasteiger partial charge < -0.3 is 15.8 Å². The molecule has 2 fully saturated rings. The van der Waals surface area contributed by atoms with Crippen LogP contribution in [0.3, 0.4) is 0 Å². The van der Waals surface area contributed by atoms with E-state index in [2.05, 4.69) is 27.4 Å². The van der Waals surface area contributed by atoms with Gasteiger partial charge in [-0.3, -0.25) is 9.59 Å². The Kier molecular flexibility index (Phi) is 5.82. The van der Waals surface area contributed by atoms with Crippen LogP contribution in [0.1, 0.15) is 49.6 Å². The summed E-state index contributed by atoms with van der Waals surface area (Å²) in [5, 5.41) is 8.64. The zero-order valence-corrected chi connectivity index (χ0v) is 20.6. The summed E-state index contributed by atoms with van der Waals surface area (Å²) in [6, 6.07) is 15.7. The quantitative estimate of drug-likeness (QED) is 0.402. The number of nitrogens with one attached hydrogen (secondary N) is 1. The standard InChI is InChI=1S/C28H28N6O3/c1-37-23-5-3-2-4-22(23)32-28(36)21-14-20(21)16-6-8-17(9-7-16)25-24-26(29)30-15-31-27(24)34(33-25)18-10-12-19(35)13-11-18/h2-9,15,18,20-21H,10-14H2,1H3,(H,32,36)(H2,29,30,31)/t20-,21+/m1/s1. The molecule has 2 aliphatic carbocycles. The summed E-state index contributed by atoms with van der Waals surface area (Å²) in [7, 11) is 1.59. The van der Waals surface area contributed by atoms with Crippen molar-refractivity contribution in [3.63, 3.8) is 0 Å². The van der Waals surface area contributed by atoms with Crippen LogP contribution >= 0.6 is 0 Å². The number of carbonyl (C=O) groups excluding carboxylic acids is 2. The van der Waals surface area contributed by atoms with Gasteiger partial charge in [0, 0.05) is 24.3 Å². The minimum atomic E-state index is -0.0751. The molecule has 9 nitrogen and oxygen atoms in total. The predicted octanol–water partition coefficient (Wildman–Crippen LogP) is 4.51. The van der Waals surface area contributed by atoms with Crippen molar-refractivity contribution in [1.29, 1.82) is 0 Å². The topological polar surface area (TPSA) is 125 Å². The van der Waals surface area contributed by atoms with Crippen LogP contribution in [0, 0.1) is 5.92 Å². The number of hydrogen-bond acceptors (Lipinski definition) is 7. The Balaban J connectivity index is 1.23. The van der Waals surface area contributed by atoms with Crippen LogP contribution in [-0.2, 0) is 9.59 Å². The minimum Gasteiger partial charge on any atom is -0.495 e. The number of fused-ring (bicyclic) bond motifs is 1. The molecule has 2 aliphatic rings. The number of rotatable bonds is 6. The van der Waals surface area contributed by atoms with Crippen LogP contribution in [0.5, 0.6) is 5.75 Å². The van der Waals surface area contributed by atoms with Crippen molar-refractivity contribution in [2.75, 3.05) is 18.2 Å². The number of Topliss-reactive ketones (excluding diaryl/α,β-unsaturated/α-hetero) is 1. The maximum atomic E-state index is 12.8. The van der Waals surface area contributed by atoms with E-state index in [-0.39, 0.29) is 23.8 Å². The molecule has 2 aromatic heterocycles. The molecular formula is C28H28N6O3. The molecule has 0 radical (unpaired) electrons. The number of anilines is 2. The molecule has 4 aromatic rings. The molecule has 1 amide bonds.